The molecule has 0 fully saturated rings. The molecule has 0 heterocycles. The third-order valence-electron chi connectivity index (χ3n) is 2.83. The molecular weight excluding hydrogens is 228 g/mol. The van der Waals surface area contributed by atoms with E-state index in [4.69, 9.17) is 15.1 Å². The van der Waals surface area contributed by atoms with Gasteiger partial charge in [0.1, 0.15) is 11.8 Å². The highest BCUT2D eigenvalue weighted by atomic mass is 16.5. The van der Waals surface area contributed by atoms with Crippen molar-refractivity contribution in [1.82, 2.24) is 0 Å². The Bertz CT molecular complexity index is 413. The second-order valence-corrected chi connectivity index (χ2v) is 4.20. The second kappa shape index (κ2) is 7.57. The average Bonchev–Trinajstić information content (AvgIpc) is 2.39. The lowest BCUT2D eigenvalue weighted by atomic mass is 10.1. The molecule has 0 unspecified atom stereocenters. The molecule has 1 rings (SSSR count). The van der Waals surface area contributed by atoms with E-state index < -0.39 is 0 Å². The zero-order chi connectivity index (χ0) is 13.4. The van der Waals surface area contributed by atoms with E-state index in [0.717, 1.165) is 29.8 Å². The van der Waals surface area contributed by atoms with Crippen LogP contribution in [0, 0.1) is 18.3 Å². The van der Waals surface area contributed by atoms with Crippen LogP contribution in [0.15, 0.2) is 18.2 Å². The molecule has 1 aromatic carbocycles. The number of ether oxygens (including phenoxy) is 1. The number of nitriles is 1. The van der Waals surface area contributed by atoms with E-state index in [0.29, 0.717) is 6.42 Å². The highest BCUT2D eigenvalue weighted by molar-refractivity contribution is 5.62. The molecule has 1 atom stereocenters. The van der Waals surface area contributed by atoms with E-state index in [1.807, 2.05) is 25.1 Å². The molecule has 0 spiro atoms. The minimum Gasteiger partial charge on any atom is -0.495 e. The molecule has 4 nitrogen and oxygen atoms in total. The number of rotatable bonds is 7. The summed E-state index contributed by atoms with van der Waals surface area (Å²) in [7, 11) is 1.62. The number of methoxy groups -OCH3 is 1. The maximum atomic E-state index is 9.13. The van der Waals surface area contributed by atoms with Crippen molar-refractivity contribution >= 4 is 5.69 Å². The topological polar surface area (TPSA) is 65.3 Å². The molecule has 0 aliphatic carbocycles. The molecule has 0 radical (unpaired) electrons. The first-order valence-electron chi connectivity index (χ1n) is 6.13. The first-order valence-corrected chi connectivity index (χ1v) is 6.13. The first-order chi connectivity index (χ1) is 8.72. The van der Waals surface area contributed by atoms with E-state index in [9.17, 15) is 0 Å². The number of para-hydroxylation sites is 1. The monoisotopic (exact) mass is 248 g/mol. The van der Waals surface area contributed by atoms with Crippen LogP contribution in [0.5, 0.6) is 5.75 Å². The Labute approximate surface area is 108 Å². The summed E-state index contributed by atoms with van der Waals surface area (Å²) >= 11 is 0. The minimum absolute atomic E-state index is 0.172. The van der Waals surface area contributed by atoms with Crippen molar-refractivity contribution in [3.8, 4) is 11.8 Å². The molecule has 2 N–H and O–H groups in total. The van der Waals surface area contributed by atoms with Crippen molar-refractivity contribution in [2.45, 2.75) is 32.2 Å². The van der Waals surface area contributed by atoms with Gasteiger partial charge in [-0.2, -0.15) is 5.26 Å². The maximum Gasteiger partial charge on any atom is 0.142 e. The molecule has 4 heteroatoms. The fraction of sp³-hybridized carbons (Fsp3) is 0.500. The summed E-state index contributed by atoms with van der Waals surface area (Å²) in [5.74, 6) is 0.748. The Hall–Kier alpha value is -1.73. The fourth-order valence-corrected chi connectivity index (χ4v) is 1.80. The fourth-order valence-electron chi connectivity index (χ4n) is 1.80. The van der Waals surface area contributed by atoms with Gasteiger partial charge < -0.3 is 15.2 Å². The Kier molecular flexibility index (Phi) is 6.03. The lowest BCUT2D eigenvalue weighted by Gasteiger charge is -2.17. The Morgan fingerprint density at radius 2 is 2.22 bits per heavy atom. The van der Waals surface area contributed by atoms with Crippen LogP contribution in [0.25, 0.3) is 0 Å². The summed E-state index contributed by atoms with van der Waals surface area (Å²) in [6.45, 7) is 2.15. The standard InChI is InChI=1S/C14H20N2O2/c1-11-6-5-8-13(18-2)14(11)16-12(10-15)7-3-4-9-17/h5-6,8,12,16-17H,3-4,7,9H2,1-2H3/t12-/m1/s1. The van der Waals surface area contributed by atoms with Gasteiger partial charge in [-0.15, -0.1) is 0 Å². The molecule has 0 aliphatic heterocycles. The number of nitrogens with zero attached hydrogens (tertiary/aromatic N) is 1. The summed E-state index contributed by atoms with van der Waals surface area (Å²) in [6, 6.07) is 7.76. The predicted molar refractivity (Wildman–Crippen MR) is 71.7 cm³/mol. The van der Waals surface area contributed by atoms with Crippen molar-refractivity contribution in [1.29, 1.82) is 5.26 Å². The van der Waals surface area contributed by atoms with Crippen LogP contribution in [0.3, 0.4) is 0 Å². The molecule has 0 aliphatic rings. The number of hydrogen-bond donors (Lipinski definition) is 2. The highest BCUT2D eigenvalue weighted by Gasteiger charge is 2.12. The van der Waals surface area contributed by atoms with Crippen LogP contribution < -0.4 is 10.1 Å². The Balaban J connectivity index is 2.72. The van der Waals surface area contributed by atoms with E-state index >= 15 is 0 Å². The van der Waals surface area contributed by atoms with Crippen LogP contribution in [0.2, 0.25) is 0 Å². The van der Waals surface area contributed by atoms with Gasteiger partial charge in [-0.3, -0.25) is 0 Å². The van der Waals surface area contributed by atoms with Crippen LogP contribution in [-0.4, -0.2) is 24.9 Å². The van der Waals surface area contributed by atoms with Gasteiger partial charge in [-0.25, -0.2) is 0 Å². The van der Waals surface area contributed by atoms with E-state index in [-0.39, 0.29) is 12.6 Å². The number of benzene rings is 1. The third-order valence-corrected chi connectivity index (χ3v) is 2.83. The molecule has 0 bridgehead atoms. The Morgan fingerprint density at radius 1 is 1.44 bits per heavy atom. The van der Waals surface area contributed by atoms with Crippen molar-refractivity contribution < 1.29 is 9.84 Å². The largest absolute Gasteiger partial charge is 0.495 e. The first kappa shape index (κ1) is 14.3. The zero-order valence-electron chi connectivity index (χ0n) is 10.9. The summed E-state index contributed by atoms with van der Waals surface area (Å²) < 4.78 is 5.29. The molecular formula is C14H20N2O2. The normalized spacial score (nSPS) is 11.7. The summed E-state index contributed by atoms with van der Waals surface area (Å²) in [5.41, 5.74) is 1.92. The molecule has 1 aromatic rings. The SMILES string of the molecule is COc1cccc(C)c1N[C@@H](C#N)CCCCO. The maximum absolute atomic E-state index is 9.13. The van der Waals surface area contributed by atoms with Gasteiger partial charge in [-0.05, 0) is 37.8 Å². The van der Waals surface area contributed by atoms with Gasteiger partial charge in [0.2, 0.25) is 0 Å². The van der Waals surface area contributed by atoms with Gasteiger partial charge in [-0.1, -0.05) is 12.1 Å². The van der Waals surface area contributed by atoms with Gasteiger partial charge in [0.25, 0.3) is 0 Å². The van der Waals surface area contributed by atoms with E-state index in [1.165, 1.54) is 0 Å². The lowest BCUT2D eigenvalue weighted by molar-refractivity contribution is 0.283. The van der Waals surface area contributed by atoms with E-state index in [2.05, 4.69) is 11.4 Å². The number of anilines is 1. The second-order valence-electron chi connectivity index (χ2n) is 4.20. The van der Waals surface area contributed by atoms with Crippen molar-refractivity contribution in [2.75, 3.05) is 19.0 Å². The van der Waals surface area contributed by atoms with Crippen LogP contribution in [0.4, 0.5) is 5.69 Å². The number of hydrogen-bond acceptors (Lipinski definition) is 4. The molecule has 0 saturated carbocycles. The molecule has 98 valence electrons. The van der Waals surface area contributed by atoms with Crippen molar-refractivity contribution in [3.05, 3.63) is 23.8 Å². The minimum atomic E-state index is -0.258. The highest BCUT2D eigenvalue weighted by Crippen LogP contribution is 2.28. The number of nitrogens with one attached hydrogen (secondary N) is 1. The molecule has 18 heavy (non-hydrogen) atoms. The molecule has 0 aromatic heterocycles. The number of unbranched alkanes of at least 4 members (excludes halogenated alkanes) is 1. The van der Waals surface area contributed by atoms with Gasteiger partial charge in [0.15, 0.2) is 0 Å². The third kappa shape index (κ3) is 3.94. The predicted octanol–water partition coefficient (Wildman–Crippen LogP) is 2.47. The lowest BCUT2D eigenvalue weighted by Crippen LogP contribution is -2.18. The smallest absolute Gasteiger partial charge is 0.142 e. The average molecular weight is 248 g/mol. The van der Waals surface area contributed by atoms with Crippen molar-refractivity contribution in [2.24, 2.45) is 0 Å². The zero-order valence-corrected chi connectivity index (χ0v) is 10.9. The van der Waals surface area contributed by atoms with Crippen LogP contribution in [0.1, 0.15) is 24.8 Å². The molecule has 0 saturated heterocycles. The van der Waals surface area contributed by atoms with Gasteiger partial charge in [0, 0.05) is 6.61 Å². The van der Waals surface area contributed by atoms with Gasteiger partial charge >= 0.3 is 0 Å². The summed E-state index contributed by atoms with van der Waals surface area (Å²) in [6.07, 6.45) is 2.27. The number of aliphatic hydroxyl groups excluding tert-OH is 1. The Morgan fingerprint density at radius 3 is 2.83 bits per heavy atom. The van der Waals surface area contributed by atoms with Crippen molar-refractivity contribution in [3.63, 3.8) is 0 Å². The number of aryl methyl sites for hydroxylation is 1. The van der Waals surface area contributed by atoms with Crippen LogP contribution >= 0.6 is 0 Å². The number of aliphatic hydroxyl groups is 1. The van der Waals surface area contributed by atoms with Crippen LogP contribution in [-0.2, 0) is 0 Å². The quantitative estimate of drug-likeness (QED) is 0.727. The summed E-state index contributed by atoms with van der Waals surface area (Å²) in [5, 5.41) is 21.1. The van der Waals surface area contributed by atoms with Gasteiger partial charge in [0.05, 0.1) is 18.9 Å². The van der Waals surface area contributed by atoms with E-state index in [1.54, 1.807) is 7.11 Å². The summed E-state index contributed by atoms with van der Waals surface area (Å²) in [4.78, 5) is 0. The molecule has 0 amide bonds.